The maximum Gasteiger partial charge on any atom is 0.317 e. The molecule has 0 heterocycles. The summed E-state index contributed by atoms with van der Waals surface area (Å²) in [5.74, 6) is 0. The van der Waals surface area contributed by atoms with E-state index >= 15 is 0 Å². The molecular formula is C14H22N2O3. The van der Waals surface area contributed by atoms with Crippen LogP contribution in [0.3, 0.4) is 0 Å². The fourth-order valence-electron chi connectivity index (χ4n) is 1.66. The lowest BCUT2D eigenvalue weighted by Gasteiger charge is -2.24. The van der Waals surface area contributed by atoms with Crippen molar-refractivity contribution in [1.29, 1.82) is 0 Å². The van der Waals surface area contributed by atoms with E-state index in [4.69, 9.17) is 0 Å². The molecule has 0 saturated heterocycles. The Bertz CT molecular complexity index is 395. The summed E-state index contributed by atoms with van der Waals surface area (Å²) in [6.07, 6.45) is -1.37. The Morgan fingerprint density at radius 2 is 1.84 bits per heavy atom. The Labute approximate surface area is 113 Å². The van der Waals surface area contributed by atoms with Crippen LogP contribution in [-0.4, -0.2) is 47.4 Å². The van der Waals surface area contributed by atoms with Gasteiger partial charge in [0, 0.05) is 20.5 Å². The first-order valence-electron chi connectivity index (χ1n) is 6.30. The zero-order valence-electron chi connectivity index (χ0n) is 11.6. The molecule has 3 N–H and O–H groups in total. The number of hydrogen-bond donors (Lipinski definition) is 3. The van der Waals surface area contributed by atoms with Crippen LogP contribution in [0.2, 0.25) is 0 Å². The predicted molar refractivity (Wildman–Crippen MR) is 73.7 cm³/mol. The molecule has 1 aromatic carbocycles. The highest BCUT2D eigenvalue weighted by Crippen LogP contribution is 2.19. The average molecular weight is 266 g/mol. The molecule has 0 aromatic heterocycles. The minimum Gasteiger partial charge on any atom is -0.391 e. The number of carbonyl (C=O) groups excluding carboxylic acids is 1. The smallest absolute Gasteiger partial charge is 0.317 e. The van der Waals surface area contributed by atoms with Crippen LogP contribution in [0, 0.1) is 0 Å². The van der Waals surface area contributed by atoms with Gasteiger partial charge in [0.25, 0.3) is 0 Å². The molecule has 1 aromatic rings. The van der Waals surface area contributed by atoms with Gasteiger partial charge in [0.15, 0.2) is 0 Å². The van der Waals surface area contributed by atoms with Gasteiger partial charge < -0.3 is 20.4 Å². The summed E-state index contributed by atoms with van der Waals surface area (Å²) >= 11 is 0. The van der Waals surface area contributed by atoms with Crippen LogP contribution >= 0.6 is 0 Å². The Balaban J connectivity index is 2.50. The zero-order chi connectivity index (χ0) is 14.4. The number of nitrogens with one attached hydrogen (secondary N) is 1. The summed E-state index contributed by atoms with van der Waals surface area (Å²) < 4.78 is 0. The third kappa shape index (κ3) is 4.89. The molecule has 1 rings (SSSR count). The molecule has 2 amide bonds. The number of carbonyl (C=O) groups is 1. The SMILES string of the molecule is C[C@H](NC(=O)N(C)C)[C@@H](O)C[C@@H](O)c1ccccc1. The molecule has 5 heteroatoms. The Morgan fingerprint density at radius 1 is 1.26 bits per heavy atom. The van der Waals surface area contributed by atoms with Crippen molar-refractivity contribution in [3.05, 3.63) is 35.9 Å². The molecule has 0 aliphatic carbocycles. The molecule has 0 saturated carbocycles. The number of amides is 2. The summed E-state index contributed by atoms with van der Waals surface area (Å²) in [6.45, 7) is 1.71. The van der Waals surface area contributed by atoms with E-state index in [0.717, 1.165) is 5.56 Å². The van der Waals surface area contributed by atoms with Gasteiger partial charge in [-0.05, 0) is 12.5 Å². The van der Waals surface area contributed by atoms with Crippen molar-refractivity contribution in [2.75, 3.05) is 14.1 Å². The molecule has 0 bridgehead atoms. The van der Waals surface area contributed by atoms with Crippen LogP contribution < -0.4 is 5.32 Å². The van der Waals surface area contributed by atoms with E-state index in [0.29, 0.717) is 0 Å². The lowest BCUT2D eigenvalue weighted by atomic mass is 10.00. The van der Waals surface area contributed by atoms with Crippen molar-refractivity contribution < 1.29 is 15.0 Å². The highest BCUT2D eigenvalue weighted by molar-refractivity contribution is 5.73. The standard InChI is InChI=1S/C14H22N2O3/c1-10(15-14(19)16(2)3)12(17)9-13(18)11-7-5-4-6-8-11/h4-8,10,12-13,17-18H,9H2,1-3H3,(H,15,19)/t10-,12-,13+/m0/s1. The lowest BCUT2D eigenvalue weighted by molar-refractivity contribution is 0.0610. The normalized spacial score (nSPS) is 15.4. The molecule has 106 valence electrons. The number of aliphatic hydroxyl groups excluding tert-OH is 2. The average Bonchev–Trinajstić information content (AvgIpc) is 2.39. The van der Waals surface area contributed by atoms with Crippen molar-refractivity contribution in [3.63, 3.8) is 0 Å². The molecule has 0 radical (unpaired) electrons. The summed E-state index contributed by atoms with van der Waals surface area (Å²) in [6, 6.07) is 8.46. The first-order valence-corrected chi connectivity index (χ1v) is 6.30. The Morgan fingerprint density at radius 3 is 2.37 bits per heavy atom. The monoisotopic (exact) mass is 266 g/mol. The van der Waals surface area contributed by atoms with Crippen LogP contribution in [0.5, 0.6) is 0 Å². The highest BCUT2D eigenvalue weighted by atomic mass is 16.3. The van der Waals surface area contributed by atoms with E-state index in [1.807, 2.05) is 18.2 Å². The number of benzene rings is 1. The van der Waals surface area contributed by atoms with Gasteiger partial charge in [-0.2, -0.15) is 0 Å². The fraction of sp³-hybridized carbons (Fsp3) is 0.500. The van der Waals surface area contributed by atoms with Gasteiger partial charge in [0.05, 0.1) is 18.2 Å². The van der Waals surface area contributed by atoms with Crippen molar-refractivity contribution in [2.24, 2.45) is 0 Å². The molecular weight excluding hydrogens is 244 g/mol. The number of hydrogen-bond acceptors (Lipinski definition) is 3. The van der Waals surface area contributed by atoms with Crippen LogP contribution in [0.4, 0.5) is 4.79 Å². The first kappa shape index (κ1) is 15.5. The summed E-state index contributed by atoms with van der Waals surface area (Å²) in [7, 11) is 3.26. The quantitative estimate of drug-likeness (QED) is 0.748. The minimum absolute atomic E-state index is 0.179. The van der Waals surface area contributed by atoms with Crippen molar-refractivity contribution in [1.82, 2.24) is 10.2 Å². The first-order chi connectivity index (χ1) is 8.91. The zero-order valence-corrected chi connectivity index (χ0v) is 11.6. The molecule has 0 spiro atoms. The van der Waals surface area contributed by atoms with Gasteiger partial charge >= 0.3 is 6.03 Å². The highest BCUT2D eigenvalue weighted by Gasteiger charge is 2.21. The van der Waals surface area contributed by atoms with Crippen molar-refractivity contribution in [2.45, 2.75) is 31.6 Å². The molecule has 0 unspecified atom stereocenters. The third-order valence-electron chi connectivity index (χ3n) is 2.98. The molecule has 3 atom stereocenters. The maximum absolute atomic E-state index is 11.5. The second kappa shape index (κ2) is 7.11. The summed E-state index contributed by atoms with van der Waals surface area (Å²) in [5, 5.41) is 22.6. The molecule has 5 nitrogen and oxygen atoms in total. The predicted octanol–water partition coefficient (Wildman–Crippen LogP) is 1.13. The largest absolute Gasteiger partial charge is 0.391 e. The van der Waals surface area contributed by atoms with E-state index in [1.165, 1.54) is 4.90 Å². The van der Waals surface area contributed by atoms with Crippen molar-refractivity contribution in [3.8, 4) is 0 Å². The van der Waals surface area contributed by atoms with E-state index in [9.17, 15) is 15.0 Å². The van der Waals surface area contributed by atoms with E-state index in [-0.39, 0.29) is 12.5 Å². The second-order valence-electron chi connectivity index (χ2n) is 4.86. The van der Waals surface area contributed by atoms with Gasteiger partial charge in [-0.25, -0.2) is 4.79 Å². The van der Waals surface area contributed by atoms with Gasteiger partial charge in [-0.15, -0.1) is 0 Å². The van der Waals surface area contributed by atoms with Gasteiger partial charge in [-0.1, -0.05) is 30.3 Å². The van der Waals surface area contributed by atoms with Crippen LogP contribution in [0.1, 0.15) is 25.0 Å². The summed E-state index contributed by atoms with van der Waals surface area (Å²) in [5.41, 5.74) is 0.757. The van der Waals surface area contributed by atoms with E-state index < -0.39 is 18.2 Å². The summed E-state index contributed by atoms with van der Waals surface area (Å²) in [4.78, 5) is 12.9. The number of nitrogens with zero attached hydrogens (tertiary/aromatic N) is 1. The third-order valence-corrected chi connectivity index (χ3v) is 2.98. The molecule has 0 aliphatic rings. The Hall–Kier alpha value is -1.59. The van der Waals surface area contributed by atoms with E-state index in [1.54, 1.807) is 33.2 Å². The van der Waals surface area contributed by atoms with Gasteiger partial charge in [0.2, 0.25) is 0 Å². The molecule has 19 heavy (non-hydrogen) atoms. The van der Waals surface area contributed by atoms with Crippen LogP contribution in [0.25, 0.3) is 0 Å². The topological polar surface area (TPSA) is 72.8 Å². The molecule has 0 fully saturated rings. The van der Waals surface area contributed by atoms with E-state index in [2.05, 4.69) is 5.32 Å². The Kier molecular flexibility index (Phi) is 5.79. The number of rotatable bonds is 5. The second-order valence-corrected chi connectivity index (χ2v) is 4.86. The number of urea groups is 1. The number of aliphatic hydroxyl groups is 2. The van der Waals surface area contributed by atoms with Gasteiger partial charge in [-0.3, -0.25) is 0 Å². The maximum atomic E-state index is 11.5. The van der Waals surface area contributed by atoms with Crippen LogP contribution in [0.15, 0.2) is 30.3 Å². The fourth-order valence-corrected chi connectivity index (χ4v) is 1.66. The minimum atomic E-state index is -0.806. The lowest BCUT2D eigenvalue weighted by Crippen LogP contribution is -2.46. The van der Waals surface area contributed by atoms with Crippen LogP contribution in [-0.2, 0) is 0 Å². The van der Waals surface area contributed by atoms with Crippen molar-refractivity contribution >= 4 is 6.03 Å². The molecule has 0 aliphatic heterocycles. The van der Waals surface area contributed by atoms with Gasteiger partial charge in [0.1, 0.15) is 0 Å².